The summed E-state index contributed by atoms with van der Waals surface area (Å²) in [7, 11) is 1.58. The number of nitrogens with zero attached hydrogens (tertiary/aromatic N) is 1. The third-order valence-corrected chi connectivity index (χ3v) is 13.2. The fraction of sp³-hybridized carbons (Fsp3) is 0.942. The van der Waals surface area contributed by atoms with Crippen LogP contribution in [0.1, 0.15) is 264 Å². The Balaban J connectivity index is 4.03. The van der Waals surface area contributed by atoms with Crippen LogP contribution in [0.5, 0.6) is 0 Å². The number of rotatable bonds is 49. The fourth-order valence-electron chi connectivity index (χ4n) is 8.04. The SMILES string of the molecule is CCCCCCCCCCC/C=C/C(O)C(COP(=O)(O)OCC[N+](C)(C)C)NC(=O)CCCCCCCCCCCCCCCCCCCCCCCCCCCCCC. The predicted octanol–water partition coefficient (Wildman–Crippen LogP) is 15.5. The van der Waals surface area contributed by atoms with Gasteiger partial charge in [-0.1, -0.05) is 251 Å². The summed E-state index contributed by atoms with van der Waals surface area (Å²) < 4.78 is 23.6. The van der Waals surface area contributed by atoms with Gasteiger partial charge in [0.05, 0.1) is 39.9 Å². The van der Waals surface area contributed by atoms with E-state index >= 15 is 0 Å². The molecule has 0 heterocycles. The minimum atomic E-state index is -4.33. The number of unbranched alkanes of at least 4 members (excludes halogenated alkanes) is 36. The molecule has 61 heavy (non-hydrogen) atoms. The summed E-state index contributed by atoms with van der Waals surface area (Å²) in [5.41, 5.74) is 0. The van der Waals surface area contributed by atoms with Gasteiger partial charge in [0.15, 0.2) is 0 Å². The number of hydrogen-bond acceptors (Lipinski definition) is 5. The van der Waals surface area contributed by atoms with Gasteiger partial charge >= 0.3 is 7.82 Å². The molecule has 0 bridgehead atoms. The molecule has 0 fully saturated rings. The summed E-state index contributed by atoms with van der Waals surface area (Å²) in [6, 6.07) is -0.840. The molecule has 0 aromatic rings. The molecule has 364 valence electrons. The van der Waals surface area contributed by atoms with Crippen LogP contribution in [0.15, 0.2) is 12.2 Å². The van der Waals surface area contributed by atoms with Crippen molar-refractivity contribution in [3.8, 4) is 0 Å². The number of aliphatic hydroxyl groups excluding tert-OH is 1. The van der Waals surface area contributed by atoms with Gasteiger partial charge in [0.25, 0.3) is 0 Å². The van der Waals surface area contributed by atoms with Crippen LogP contribution >= 0.6 is 7.82 Å². The molecule has 0 radical (unpaired) electrons. The lowest BCUT2D eigenvalue weighted by Crippen LogP contribution is -2.45. The van der Waals surface area contributed by atoms with E-state index in [0.29, 0.717) is 17.4 Å². The van der Waals surface area contributed by atoms with E-state index in [-0.39, 0.29) is 19.1 Å². The Kier molecular flexibility index (Phi) is 43.9. The van der Waals surface area contributed by atoms with Gasteiger partial charge in [-0.25, -0.2) is 4.57 Å². The molecule has 3 unspecified atom stereocenters. The van der Waals surface area contributed by atoms with Crippen molar-refractivity contribution in [3.05, 3.63) is 12.2 Å². The number of allylic oxidation sites excluding steroid dienone is 1. The van der Waals surface area contributed by atoms with E-state index in [1.807, 2.05) is 27.2 Å². The van der Waals surface area contributed by atoms with E-state index in [9.17, 15) is 19.4 Å². The Morgan fingerprint density at radius 3 is 1.21 bits per heavy atom. The fourth-order valence-corrected chi connectivity index (χ4v) is 8.78. The van der Waals surface area contributed by atoms with Crippen LogP contribution in [0.2, 0.25) is 0 Å². The second-order valence-electron chi connectivity index (χ2n) is 19.6. The first-order valence-corrected chi connectivity index (χ1v) is 28.1. The Hall–Kier alpha value is -0.760. The molecule has 9 heteroatoms. The number of nitrogens with one attached hydrogen (secondary N) is 1. The monoisotopic (exact) mass is 886 g/mol. The Morgan fingerprint density at radius 1 is 0.541 bits per heavy atom. The van der Waals surface area contributed by atoms with Crippen molar-refractivity contribution in [2.45, 2.75) is 276 Å². The number of carbonyl (C=O) groups excluding carboxylic acids is 1. The zero-order valence-electron chi connectivity index (χ0n) is 41.4. The van der Waals surface area contributed by atoms with Crippen LogP contribution in [0.4, 0.5) is 0 Å². The molecule has 0 aromatic carbocycles. The summed E-state index contributed by atoms with van der Waals surface area (Å²) in [5.74, 6) is -0.173. The smallest absolute Gasteiger partial charge is 0.387 e. The van der Waals surface area contributed by atoms with E-state index in [2.05, 4.69) is 19.2 Å². The van der Waals surface area contributed by atoms with Gasteiger partial charge in [-0.3, -0.25) is 13.8 Å². The van der Waals surface area contributed by atoms with Crippen LogP contribution in [0, 0.1) is 0 Å². The van der Waals surface area contributed by atoms with Crippen molar-refractivity contribution in [1.29, 1.82) is 0 Å². The van der Waals surface area contributed by atoms with Gasteiger partial charge in [0, 0.05) is 6.42 Å². The summed E-state index contributed by atoms with van der Waals surface area (Å²) in [6.45, 7) is 4.83. The van der Waals surface area contributed by atoms with E-state index in [1.54, 1.807) is 6.08 Å². The first-order chi connectivity index (χ1) is 29.5. The normalized spacial score (nSPS) is 14.1. The molecular weight excluding hydrogens is 780 g/mol. The largest absolute Gasteiger partial charge is 0.472 e. The molecule has 1 amide bonds. The molecule has 3 atom stereocenters. The van der Waals surface area contributed by atoms with E-state index in [4.69, 9.17) is 9.05 Å². The average molecular weight is 886 g/mol. The van der Waals surface area contributed by atoms with Gasteiger partial charge in [0.1, 0.15) is 13.2 Å². The van der Waals surface area contributed by atoms with Crippen molar-refractivity contribution in [3.63, 3.8) is 0 Å². The maximum absolute atomic E-state index is 12.9. The van der Waals surface area contributed by atoms with Gasteiger partial charge in [-0.15, -0.1) is 0 Å². The van der Waals surface area contributed by atoms with Gasteiger partial charge in [-0.05, 0) is 19.3 Å². The number of carbonyl (C=O) groups is 1. The summed E-state index contributed by atoms with van der Waals surface area (Å²) in [5, 5.41) is 13.8. The highest BCUT2D eigenvalue weighted by molar-refractivity contribution is 7.47. The van der Waals surface area contributed by atoms with Crippen LogP contribution in [-0.4, -0.2) is 73.4 Å². The number of phosphoric ester groups is 1. The minimum absolute atomic E-state index is 0.0646. The maximum atomic E-state index is 12.9. The van der Waals surface area contributed by atoms with Crippen molar-refractivity contribution in [2.75, 3.05) is 40.9 Å². The molecule has 0 saturated heterocycles. The molecule has 0 saturated carbocycles. The lowest BCUT2D eigenvalue weighted by molar-refractivity contribution is -0.870. The second-order valence-corrected chi connectivity index (χ2v) is 21.1. The molecule has 0 rings (SSSR count). The summed E-state index contributed by atoms with van der Waals surface area (Å²) >= 11 is 0. The van der Waals surface area contributed by atoms with Gasteiger partial charge in [0.2, 0.25) is 5.91 Å². The standard InChI is InChI=1S/C52H105N2O6P/c1-6-8-10-12-14-16-18-19-20-21-22-23-24-25-26-27-28-29-30-31-32-33-34-36-38-40-42-44-46-52(56)53-50(49-60-61(57,58)59-48-47-54(3,4)5)51(55)45-43-41-39-37-35-17-15-13-11-9-7-2/h43,45,50-51,55H,6-42,44,46-49H2,1-5H3,(H-,53,56,57,58)/p+1/b45-43+. The predicted molar refractivity (Wildman–Crippen MR) is 263 cm³/mol. The number of quaternary nitrogens is 1. The topological polar surface area (TPSA) is 105 Å². The second kappa shape index (κ2) is 44.4. The van der Waals surface area contributed by atoms with E-state index in [1.165, 1.54) is 205 Å². The Labute approximate surface area is 380 Å². The van der Waals surface area contributed by atoms with E-state index < -0.39 is 20.0 Å². The lowest BCUT2D eigenvalue weighted by Gasteiger charge is -2.25. The molecule has 0 aromatic heterocycles. The first-order valence-electron chi connectivity index (χ1n) is 26.6. The number of likely N-dealkylation sites (N-methyl/N-ethyl adjacent to an activating group) is 1. The highest BCUT2D eigenvalue weighted by Gasteiger charge is 2.27. The van der Waals surface area contributed by atoms with Crippen molar-refractivity contribution >= 4 is 13.7 Å². The van der Waals surface area contributed by atoms with E-state index in [0.717, 1.165) is 38.5 Å². The van der Waals surface area contributed by atoms with Crippen LogP contribution in [0.3, 0.4) is 0 Å². The van der Waals surface area contributed by atoms with Crippen LogP contribution in [-0.2, 0) is 18.4 Å². The third-order valence-electron chi connectivity index (χ3n) is 12.3. The Bertz CT molecular complexity index is 1000. The molecule has 0 aliphatic rings. The first kappa shape index (κ1) is 60.2. The number of phosphoric acid groups is 1. The summed E-state index contributed by atoms with van der Waals surface area (Å²) in [4.78, 5) is 23.2. The quantitative estimate of drug-likeness (QED) is 0.0243. The summed E-state index contributed by atoms with van der Waals surface area (Å²) in [6.07, 6.45) is 53.1. The van der Waals surface area contributed by atoms with Crippen molar-refractivity contribution in [1.82, 2.24) is 5.32 Å². The van der Waals surface area contributed by atoms with Crippen LogP contribution in [0.25, 0.3) is 0 Å². The average Bonchev–Trinajstić information content (AvgIpc) is 3.21. The minimum Gasteiger partial charge on any atom is -0.387 e. The van der Waals surface area contributed by atoms with Crippen molar-refractivity contribution < 1.29 is 32.9 Å². The number of hydrogen-bond donors (Lipinski definition) is 3. The highest BCUT2D eigenvalue weighted by atomic mass is 31.2. The lowest BCUT2D eigenvalue weighted by atomic mass is 10.0. The molecule has 0 spiro atoms. The van der Waals surface area contributed by atoms with Crippen LogP contribution < -0.4 is 5.32 Å². The molecule has 0 aliphatic carbocycles. The Morgan fingerprint density at radius 2 is 0.869 bits per heavy atom. The van der Waals surface area contributed by atoms with Crippen molar-refractivity contribution in [2.24, 2.45) is 0 Å². The zero-order chi connectivity index (χ0) is 45.0. The van der Waals surface area contributed by atoms with Gasteiger partial charge < -0.3 is 19.8 Å². The molecule has 8 nitrogen and oxygen atoms in total. The highest BCUT2D eigenvalue weighted by Crippen LogP contribution is 2.43. The van der Waals surface area contributed by atoms with Gasteiger partial charge in [-0.2, -0.15) is 0 Å². The number of aliphatic hydroxyl groups is 1. The molecule has 3 N–H and O–H groups in total. The third kappa shape index (κ3) is 47.0. The maximum Gasteiger partial charge on any atom is 0.472 e. The zero-order valence-corrected chi connectivity index (χ0v) is 42.3. The molecule has 0 aliphatic heterocycles. The molecular formula is C52H106N2O6P+. The number of amides is 1.